The Morgan fingerprint density at radius 1 is 0.955 bits per heavy atom. The van der Waals surface area contributed by atoms with Crippen LogP contribution in [-0.2, 0) is 9.53 Å². The standard InChI is InChI=1S/C20H38O2/c1-4-5-6-7-8-10-13-16-19(2)17-14-11-9-12-15-18-20(21)22-3/h13,16,19H,4-12,14-15,17-18H2,1-3H3/b16-13+. The first kappa shape index (κ1) is 21.2. The number of rotatable bonds is 15. The highest BCUT2D eigenvalue weighted by molar-refractivity contribution is 5.68. The molecule has 0 fully saturated rings. The fraction of sp³-hybridized carbons (Fsp3) is 0.850. The number of methoxy groups -OCH3 is 1. The molecule has 2 nitrogen and oxygen atoms in total. The van der Waals surface area contributed by atoms with Crippen LogP contribution in [0.3, 0.4) is 0 Å². The second-order valence-corrected chi connectivity index (χ2v) is 6.49. The van der Waals surface area contributed by atoms with Crippen molar-refractivity contribution in [3.8, 4) is 0 Å². The summed E-state index contributed by atoms with van der Waals surface area (Å²) in [5.41, 5.74) is 0. The van der Waals surface area contributed by atoms with Crippen molar-refractivity contribution >= 4 is 5.97 Å². The van der Waals surface area contributed by atoms with Gasteiger partial charge in [0.15, 0.2) is 0 Å². The zero-order valence-electron chi connectivity index (χ0n) is 15.2. The summed E-state index contributed by atoms with van der Waals surface area (Å²) in [4.78, 5) is 11.0. The van der Waals surface area contributed by atoms with Crippen molar-refractivity contribution in [3.05, 3.63) is 12.2 Å². The number of hydrogen-bond donors (Lipinski definition) is 0. The molecule has 0 rings (SSSR count). The summed E-state index contributed by atoms with van der Waals surface area (Å²) < 4.78 is 4.64. The highest BCUT2D eigenvalue weighted by Crippen LogP contribution is 2.14. The number of carbonyl (C=O) groups is 1. The molecule has 1 atom stereocenters. The molecule has 0 saturated heterocycles. The summed E-state index contributed by atoms with van der Waals surface area (Å²) in [6.07, 6.45) is 20.7. The Morgan fingerprint density at radius 3 is 2.32 bits per heavy atom. The van der Waals surface area contributed by atoms with Gasteiger partial charge in [0.1, 0.15) is 0 Å². The van der Waals surface area contributed by atoms with Crippen LogP contribution in [0.1, 0.15) is 97.3 Å². The number of ether oxygens (including phenoxy) is 1. The smallest absolute Gasteiger partial charge is 0.305 e. The molecule has 0 aromatic rings. The largest absolute Gasteiger partial charge is 0.469 e. The van der Waals surface area contributed by atoms with Crippen LogP contribution in [0.5, 0.6) is 0 Å². The van der Waals surface area contributed by atoms with Crippen molar-refractivity contribution in [2.24, 2.45) is 5.92 Å². The first-order valence-electron chi connectivity index (χ1n) is 9.44. The third-order valence-corrected chi connectivity index (χ3v) is 4.21. The third kappa shape index (κ3) is 15.6. The molecule has 0 N–H and O–H groups in total. The van der Waals surface area contributed by atoms with Crippen molar-refractivity contribution in [1.29, 1.82) is 0 Å². The predicted molar refractivity (Wildman–Crippen MR) is 96.0 cm³/mol. The predicted octanol–water partition coefficient (Wildman–Crippen LogP) is 6.44. The second-order valence-electron chi connectivity index (χ2n) is 6.49. The van der Waals surface area contributed by atoms with Crippen LogP contribution in [-0.4, -0.2) is 13.1 Å². The molecule has 1 unspecified atom stereocenters. The molecular formula is C20H38O2. The normalized spacial score (nSPS) is 12.7. The monoisotopic (exact) mass is 310 g/mol. The SMILES string of the molecule is CCCCCCC/C=C/C(C)CCCCCCCC(=O)OC. The molecule has 0 aliphatic heterocycles. The van der Waals surface area contributed by atoms with Gasteiger partial charge in [-0.25, -0.2) is 0 Å². The van der Waals surface area contributed by atoms with Crippen molar-refractivity contribution < 1.29 is 9.53 Å². The van der Waals surface area contributed by atoms with E-state index >= 15 is 0 Å². The van der Waals surface area contributed by atoms with E-state index in [1.54, 1.807) is 0 Å². The lowest BCUT2D eigenvalue weighted by molar-refractivity contribution is -0.140. The molecular weight excluding hydrogens is 272 g/mol. The van der Waals surface area contributed by atoms with E-state index in [2.05, 4.69) is 30.7 Å². The van der Waals surface area contributed by atoms with Gasteiger partial charge in [-0.15, -0.1) is 0 Å². The second kappa shape index (κ2) is 16.6. The van der Waals surface area contributed by atoms with Gasteiger partial charge in [0.2, 0.25) is 0 Å². The summed E-state index contributed by atoms with van der Waals surface area (Å²) in [5.74, 6) is 0.638. The Balaban J connectivity index is 3.31. The average molecular weight is 311 g/mol. The van der Waals surface area contributed by atoms with E-state index in [0.29, 0.717) is 12.3 Å². The van der Waals surface area contributed by atoms with Crippen LogP contribution in [0, 0.1) is 5.92 Å². The number of unbranched alkanes of at least 4 members (excludes halogenated alkanes) is 9. The Hall–Kier alpha value is -0.790. The maximum absolute atomic E-state index is 11.0. The fourth-order valence-corrected chi connectivity index (χ4v) is 2.66. The maximum Gasteiger partial charge on any atom is 0.305 e. The lowest BCUT2D eigenvalue weighted by Crippen LogP contribution is -1.99. The Labute approximate surface area is 138 Å². The minimum absolute atomic E-state index is 0.0755. The maximum atomic E-state index is 11.0. The molecule has 0 saturated carbocycles. The van der Waals surface area contributed by atoms with Crippen LogP contribution >= 0.6 is 0 Å². The van der Waals surface area contributed by atoms with E-state index in [0.717, 1.165) is 12.8 Å². The van der Waals surface area contributed by atoms with Gasteiger partial charge in [-0.2, -0.15) is 0 Å². The highest BCUT2D eigenvalue weighted by atomic mass is 16.5. The molecule has 2 heteroatoms. The van der Waals surface area contributed by atoms with Crippen LogP contribution in [0.2, 0.25) is 0 Å². The number of esters is 1. The van der Waals surface area contributed by atoms with Gasteiger partial charge >= 0.3 is 5.97 Å². The van der Waals surface area contributed by atoms with E-state index in [9.17, 15) is 4.79 Å². The minimum atomic E-state index is -0.0755. The number of allylic oxidation sites excluding steroid dienone is 2. The van der Waals surface area contributed by atoms with E-state index in [1.165, 1.54) is 71.3 Å². The lowest BCUT2D eigenvalue weighted by atomic mass is 10.0. The molecule has 0 aliphatic rings. The molecule has 0 amide bonds. The van der Waals surface area contributed by atoms with Gasteiger partial charge in [0, 0.05) is 6.42 Å². The van der Waals surface area contributed by atoms with Gasteiger partial charge in [0.05, 0.1) is 7.11 Å². The van der Waals surface area contributed by atoms with Crippen molar-refractivity contribution in [2.45, 2.75) is 97.3 Å². The number of carbonyl (C=O) groups excluding carboxylic acids is 1. The average Bonchev–Trinajstić information content (AvgIpc) is 2.52. The first-order chi connectivity index (χ1) is 10.7. The number of hydrogen-bond acceptors (Lipinski definition) is 2. The fourth-order valence-electron chi connectivity index (χ4n) is 2.66. The third-order valence-electron chi connectivity index (χ3n) is 4.21. The Morgan fingerprint density at radius 2 is 1.59 bits per heavy atom. The topological polar surface area (TPSA) is 26.3 Å². The van der Waals surface area contributed by atoms with Gasteiger partial charge in [-0.05, 0) is 31.6 Å². The summed E-state index contributed by atoms with van der Waals surface area (Å²) in [6.45, 7) is 4.59. The molecule has 0 aromatic heterocycles. The summed E-state index contributed by atoms with van der Waals surface area (Å²) in [5, 5.41) is 0. The highest BCUT2D eigenvalue weighted by Gasteiger charge is 2.00. The molecule has 22 heavy (non-hydrogen) atoms. The van der Waals surface area contributed by atoms with Crippen molar-refractivity contribution in [2.75, 3.05) is 7.11 Å². The summed E-state index contributed by atoms with van der Waals surface area (Å²) in [6, 6.07) is 0. The van der Waals surface area contributed by atoms with E-state index in [-0.39, 0.29) is 5.97 Å². The minimum Gasteiger partial charge on any atom is -0.469 e. The Bertz CT molecular complexity index is 271. The molecule has 0 heterocycles. The van der Waals surface area contributed by atoms with Crippen LogP contribution in [0.15, 0.2) is 12.2 Å². The molecule has 0 aromatic carbocycles. The van der Waals surface area contributed by atoms with Crippen molar-refractivity contribution in [1.82, 2.24) is 0 Å². The van der Waals surface area contributed by atoms with Gasteiger partial charge in [-0.1, -0.05) is 77.4 Å². The van der Waals surface area contributed by atoms with Crippen LogP contribution < -0.4 is 0 Å². The molecule has 130 valence electrons. The molecule has 0 spiro atoms. The van der Waals surface area contributed by atoms with Crippen molar-refractivity contribution in [3.63, 3.8) is 0 Å². The van der Waals surface area contributed by atoms with E-state index < -0.39 is 0 Å². The van der Waals surface area contributed by atoms with E-state index in [1.807, 2.05) is 0 Å². The zero-order chi connectivity index (χ0) is 16.5. The first-order valence-corrected chi connectivity index (χ1v) is 9.44. The van der Waals surface area contributed by atoms with Crippen LogP contribution in [0.25, 0.3) is 0 Å². The molecule has 0 bridgehead atoms. The van der Waals surface area contributed by atoms with Crippen LogP contribution in [0.4, 0.5) is 0 Å². The van der Waals surface area contributed by atoms with Gasteiger partial charge in [0.25, 0.3) is 0 Å². The Kier molecular flexibility index (Phi) is 16.0. The van der Waals surface area contributed by atoms with Gasteiger partial charge in [-0.3, -0.25) is 4.79 Å². The quantitative estimate of drug-likeness (QED) is 0.197. The molecule has 0 radical (unpaired) electrons. The summed E-state index contributed by atoms with van der Waals surface area (Å²) >= 11 is 0. The lowest BCUT2D eigenvalue weighted by Gasteiger charge is -2.06. The van der Waals surface area contributed by atoms with Gasteiger partial charge < -0.3 is 4.74 Å². The summed E-state index contributed by atoms with van der Waals surface area (Å²) in [7, 11) is 1.46. The van der Waals surface area contributed by atoms with E-state index in [4.69, 9.17) is 0 Å². The zero-order valence-corrected chi connectivity index (χ0v) is 15.2. The molecule has 0 aliphatic carbocycles.